The summed E-state index contributed by atoms with van der Waals surface area (Å²) in [5.74, 6) is -0.825. The van der Waals surface area contributed by atoms with E-state index >= 15 is 0 Å². The van der Waals surface area contributed by atoms with Crippen LogP contribution in [0, 0.1) is 27.7 Å². The number of esters is 1. The third-order valence-corrected chi connectivity index (χ3v) is 6.56. The zero-order valence-corrected chi connectivity index (χ0v) is 20.9. The number of hydrogen-bond acceptors (Lipinski definition) is 3. The highest BCUT2D eigenvalue weighted by atomic mass is 35.5. The first-order valence-electron chi connectivity index (χ1n) is 11.0. The highest BCUT2D eigenvalue weighted by molar-refractivity contribution is 6.30. The van der Waals surface area contributed by atoms with E-state index in [1.54, 1.807) is 37.3 Å². The lowest BCUT2D eigenvalue weighted by Crippen LogP contribution is -2.24. The Morgan fingerprint density at radius 1 is 0.971 bits per heavy atom. The Hall–Kier alpha value is -3.57. The van der Waals surface area contributed by atoms with Crippen molar-refractivity contribution in [3.05, 3.63) is 98.5 Å². The van der Waals surface area contributed by atoms with Crippen molar-refractivity contribution in [2.24, 2.45) is 0 Å². The van der Waals surface area contributed by atoms with Crippen LogP contribution >= 0.6 is 11.6 Å². The van der Waals surface area contributed by atoms with Crippen LogP contribution in [0.25, 0.3) is 11.8 Å². The Bertz CT molecular complexity index is 1360. The standard InChI is InChI=1S/C28H27ClN2O3/c1-16-8-7-9-17(2)26(16)30-18(3)14-21(19(30)4)15-24-25(28(33)34-6)20(5)31(27(24)32)23-12-10-22(29)11-13-23/h7-15H,1-6H3/b24-15-. The highest BCUT2D eigenvalue weighted by Gasteiger charge is 2.38. The topological polar surface area (TPSA) is 51.5 Å². The number of aromatic nitrogens is 1. The molecule has 2 aromatic carbocycles. The van der Waals surface area contributed by atoms with Crippen molar-refractivity contribution in [1.29, 1.82) is 0 Å². The summed E-state index contributed by atoms with van der Waals surface area (Å²) in [5.41, 5.74) is 8.09. The number of benzene rings is 2. The van der Waals surface area contributed by atoms with Crippen molar-refractivity contribution in [3.8, 4) is 5.69 Å². The second-order valence-corrected chi connectivity index (χ2v) is 8.97. The summed E-state index contributed by atoms with van der Waals surface area (Å²) in [6.07, 6.45) is 1.79. The van der Waals surface area contributed by atoms with E-state index in [0.29, 0.717) is 22.0 Å². The maximum absolute atomic E-state index is 13.6. The summed E-state index contributed by atoms with van der Waals surface area (Å²) in [6, 6.07) is 15.2. The van der Waals surface area contributed by atoms with E-state index in [4.69, 9.17) is 16.3 Å². The second-order valence-electron chi connectivity index (χ2n) is 8.53. The first-order chi connectivity index (χ1) is 16.1. The summed E-state index contributed by atoms with van der Waals surface area (Å²) >= 11 is 6.03. The Morgan fingerprint density at radius 2 is 1.59 bits per heavy atom. The lowest BCUT2D eigenvalue weighted by atomic mass is 10.0. The fourth-order valence-electron chi connectivity index (χ4n) is 4.67. The molecule has 174 valence electrons. The summed E-state index contributed by atoms with van der Waals surface area (Å²) in [4.78, 5) is 27.9. The summed E-state index contributed by atoms with van der Waals surface area (Å²) in [5, 5.41) is 0.569. The third kappa shape index (κ3) is 3.86. The molecule has 2 heterocycles. The monoisotopic (exact) mass is 474 g/mol. The van der Waals surface area contributed by atoms with E-state index in [1.165, 1.54) is 12.0 Å². The van der Waals surface area contributed by atoms with E-state index in [-0.39, 0.29) is 11.5 Å². The molecule has 1 aliphatic heterocycles. The Labute approximate surface area is 204 Å². The largest absolute Gasteiger partial charge is 0.465 e. The van der Waals surface area contributed by atoms with Crippen molar-refractivity contribution in [1.82, 2.24) is 4.57 Å². The number of anilines is 1. The molecule has 0 radical (unpaired) electrons. The molecule has 0 N–H and O–H groups in total. The van der Waals surface area contributed by atoms with Crippen LogP contribution in [0.2, 0.25) is 5.02 Å². The summed E-state index contributed by atoms with van der Waals surface area (Å²) in [6.45, 7) is 9.99. The van der Waals surface area contributed by atoms with Crippen molar-refractivity contribution in [2.75, 3.05) is 12.0 Å². The summed E-state index contributed by atoms with van der Waals surface area (Å²) in [7, 11) is 1.32. The molecule has 0 atom stereocenters. The molecule has 0 bridgehead atoms. The number of hydrogen-bond donors (Lipinski definition) is 0. The van der Waals surface area contributed by atoms with Crippen LogP contribution in [0.3, 0.4) is 0 Å². The van der Waals surface area contributed by atoms with Gasteiger partial charge in [0.15, 0.2) is 0 Å². The van der Waals surface area contributed by atoms with Gasteiger partial charge in [0.2, 0.25) is 0 Å². The Kier molecular flexibility index (Phi) is 6.24. The Morgan fingerprint density at radius 3 is 2.18 bits per heavy atom. The Balaban J connectivity index is 1.88. The van der Waals surface area contributed by atoms with Gasteiger partial charge in [-0.2, -0.15) is 0 Å². The van der Waals surface area contributed by atoms with Gasteiger partial charge in [0.1, 0.15) is 0 Å². The number of carbonyl (C=O) groups excluding carboxylic acids is 2. The molecule has 0 aliphatic carbocycles. The van der Waals surface area contributed by atoms with Crippen molar-refractivity contribution in [3.63, 3.8) is 0 Å². The number of para-hydroxylation sites is 1. The smallest absolute Gasteiger partial charge is 0.340 e. The van der Waals surface area contributed by atoms with Crippen molar-refractivity contribution >= 4 is 35.2 Å². The minimum atomic E-state index is -0.544. The second kappa shape index (κ2) is 8.99. The lowest BCUT2D eigenvalue weighted by Gasteiger charge is -2.18. The predicted octanol–water partition coefficient (Wildman–Crippen LogP) is 6.24. The SMILES string of the molecule is COC(=O)C1=C(C)N(c2ccc(Cl)cc2)C(=O)/C1=C\c1cc(C)n(-c2c(C)cccc2C)c1C. The van der Waals surface area contributed by atoms with Crippen LogP contribution < -0.4 is 4.90 Å². The van der Waals surface area contributed by atoms with Gasteiger partial charge in [0.05, 0.1) is 23.9 Å². The minimum Gasteiger partial charge on any atom is -0.465 e. The van der Waals surface area contributed by atoms with Crippen molar-refractivity contribution in [2.45, 2.75) is 34.6 Å². The van der Waals surface area contributed by atoms with E-state index < -0.39 is 5.97 Å². The average Bonchev–Trinajstić information content (AvgIpc) is 3.21. The maximum Gasteiger partial charge on any atom is 0.340 e. The van der Waals surface area contributed by atoms with Gasteiger partial charge in [0.25, 0.3) is 5.91 Å². The first-order valence-corrected chi connectivity index (χ1v) is 11.4. The van der Waals surface area contributed by atoms with Gasteiger partial charge in [-0.1, -0.05) is 29.8 Å². The molecule has 0 saturated carbocycles. The maximum atomic E-state index is 13.6. The lowest BCUT2D eigenvalue weighted by molar-refractivity contribution is -0.136. The van der Waals surface area contributed by atoms with Gasteiger partial charge in [-0.05, 0) is 87.7 Å². The molecule has 0 saturated heterocycles. The fraction of sp³-hybridized carbons (Fsp3) is 0.214. The molecule has 0 spiro atoms. The molecule has 1 aromatic heterocycles. The number of methoxy groups -OCH3 is 1. The molecule has 1 amide bonds. The number of amides is 1. The van der Waals surface area contributed by atoms with Gasteiger partial charge in [0, 0.05) is 27.8 Å². The molecule has 3 aromatic rings. The number of ether oxygens (including phenoxy) is 1. The molecule has 5 nitrogen and oxygen atoms in total. The number of rotatable bonds is 4. The zero-order chi connectivity index (χ0) is 24.7. The first kappa shape index (κ1) is 23.6. The molecule has 0 fully saturated rings. The molecule has 34 heavy (non-hydrogen) atoms. The quantitative estimate of drug-likeness (QED) is 0.332. The molecular formula is C28H27ClN2O3. The number of aryl methyl sites for hydroxylation is 3. The van der Waals surface area contributed by atoms with Crippen LogP contribution in [0.4, 0.5) is 5.69 Å². The minimum absolute atomic E-state index is 0.263. The van der Waals surface area contributed by atoms with Crippen LogP contribution in [0.15, 0.2) is 65.4 Å². The molecule has 6 heteroatoms. The van der Waals surface area contributed by atoms with E-state index in [2.05, 4.69) is 30.5 Å². The van der Waals surface area contributed by atoms with E-state index in [1.807, 2.05) is 26.0 Å². The number of allylic oxidation sites excluding steroid dienone is 1. The predicted molar refractivity (Wildman–Crippen MR) is 136 cm³/mol. The van der Waals surface area contributed by atoms with Crippen LogP contribution in [0.1, 0.15) is 35.0 Å². The fourth-order valence-corrected chi connectivity index (χ4v) is 4.80. The highest BCUT2D eigenvalue weighted by Crippen LogP contribution is 2.37. The van der Waals surface area contributed by atoms with Gasteiger partial charge in [-0.15, -0.1) is 0 Å². The average molecular weight is 475 g/mol. The zero-order valence-electron chi connectivity index (χ0n) is 20.2. The number of carbonyl (C=O) groups is 2. The number of halogens is 1. The van der Waals surface area contributed by atoms with Gasteiger partial charge >= 0.3 is 5.97 Å². The summed E-state index contributed by atoms with van der Waals surface area (Å²) < 4.78 is 7.24. The molecular weight excluding hydrogens is 448 g/mol. The normalized spacial score (nSPS) is 15.0. The van der Waals surface area contributed by atoms with Crippen LogP contribution in [-0.4, -0.2) is 23.6 Å². The van der Waals surface area contributed by atoms with Gasteiger partial charge in [-0.25, -0.2) is 4.79 Å². The van der Waals surface area contributed by atoms with Crippen molar-refractivity contribution < 1.29 is 14.3 Å². The molecule has 1 aliphatic rings. The molecule has 4 rings (SSSR count). The van der Waals surface area contributed by atoms with Gasteiger partial charge < -0.3 is 9.30 Å². The third-order valence-electron chi connectivity index (χ3n) is 6.31. The van der Waals surface area contributed by atoms with Crippen LogP contribution in [0.5, 0.6) is 0 Å². The number of nitrogens with zero attached hydrogens (tertiary/aromatic N) is 2. The van der Waals surface area contributed by atoms with E-state index in [0.717, 1.165) is 33.8 Å². The van der Waals surface area contributed by atoms with Gasteiger partial charge in [-0.3, -0.25) is 9.69 Å². The molecule has 0 unspecified atom stereocenters. The van der Waals surface area contributed by atoms with E-state index in [9.17, 15) is 9.59 Å². The van der Waals surface area contributed by atoms with Crippen LogP contribution in [-0.2, 0) is 14.3 Å².